The van der Waals surface area contributed by atoms with Crippen LogP contribution in [0, 0.1) is 10.1 Å². The van der Waals surface area contributed by atoms with Crippen LogP contribution in [-0.4, -0.2) is 39.2 Å². The molecule has 1 heterocycles. The van der Waals surface area contributed by atoms with E-state index < -0.39 is 19.0 Å². The fraction of sp³-hybridized carbons (Fsp3) is 0.500. The summed E-state index contributed by atoms with van der Waals surface area (Å²) in [5.74, 6) is -0.457. The minimum Gasteiger partial charge on any atom is -0.465 e. The summed E-state index contributed by atoms with van der Waals surface area (Å²) in [5, 5.41) is 11.0. The molecule has 1 aliphatic rings. The number of carbonyl (C=O) groups excluding carboxylic acids is 1. The van der Waals surface area contributed by atoms with E-state index in [4.69, 9.17) is 4.74 Å². The minimum absolute atomic E-state index is 0.000248. The van der Waals surface area contributed by atoms with E-state index in [1.54, 1.807) is 0 Å². The van der Waals surface area contributed by atoms with Gasteiger partial charge in [0.15, 0.2) is 0 Å². The second-order valence-corrected chi connectivity index (χ2v) is 11.4. The number of nitro benzene ring substituents is 1. The lowest BCUT2D eigenvalue weighted by molar-refractivity contribution is -0.384. The maximum Gasteiger partial charge on any atom is 0.339 e. The molecule has 0 radical (unpaired) electrons. The Hall–Kier alpha value is -1.89. The second-order valence-electron chi connectivity index (χ2n) is 6.10. The molecule has 1 saturated heterocycles. The SMILES string of the molecule is COC(=O)c1ccc([N+](=O)[O-])cc1N1CC[Si](C)(C)CC1. The number of carbonyl (C=O) groups is 1. The summed E-state index contributed by atoms with van der Waals surface area (Å²) in [5.41, 5.74) is 1.00. The van der Waals surface area contributed by atoms with Gasteiger partial charge in [-0.15, -0.1) is 0 Å². The predicted molar refractivity (Wildman–Crippen MR) is 83.7 cm³/mol. The first-order valence-electron chi connectivity index (χ1n) is 6.96. The van der Waals surface area contributed by atoms with E-state index in [-0.39, 0.29) is 5.69 Å². The number of benzene rings is 1. The van der Waals surface area contributed by atoms with E-state index in [1.807, 2.05) is 0 Å². The van der Waals surface area contributed by atoms with Crippen molar-refractivity contribution in [3.8, 4) is 0 Å². The molecule has 0 saturated carbocycles. The zero-order valence-electron chi connectivity index (χ0n) is 12.6. The smallest absolute Gasteiger partial charge is 0.339 e. The summed E-state index contributed by atoms with van der Waals surface area (Å²) >= 11 is 0. The first-order valence-corrected chi connectivity index (χ1v) is 10.4. The first kappa shape index (κ1) is 15.5. The third-order valence-corrected chi connectivity index (χ3v) is 7.21. The summed E-state index contributed by atoms with van der Waals surface area (Å²) in [6.45, 7) is 6.37. The van der Waals surface area contributed by atoms with Crippen LogP contribution in [0.1, 0.15) is 10.4 Å². The summed E-state index contributed by atoms with van der Waals surface area (Å²) in [7, 11) is 0.174. The van der Waals surface area contributed by atoms with E-state index in [2.05, 4.69) is 18.0 Å². The van der Waals surface area contributed by atoms with Crippen molar-refractivity contribution in [2.24, 2.45) is 0 Å². The lowest BCUT2D eigenvalue weighted by Gasteiger charge is -2.37. The van der Waals surface area contributed by atoms with Gasteiger partial charge < -0.3 is 9.64 Å². The van der Waals surface area contributed by atoms with Gasteiger partial charge in [0.25, 0.3) is 5.69 Å². The highest BCUT2D eigenvalue weighted by molar-refractivity contribution is 6.77. The van der Waals surface area contributed by atoms with Crippen LogP contribution in [0.2, 0.25) is 25.2 Å². The van der Waals surface area contributed by atoms with Crippen LogP contribution in [0.5, 0.6) is 0 Å². The predicted octanol–water partition coefficient (Wildman–Crippen LogP) is 2.91. The molecule has 0 spiro atoms. The molecule has 7 heteroatoms. The highest BCUT2D eigenvalue weighted by Gasteiger charge is 2.30. The number of non-ortho nitro benzene ring substituents is 1. The van der Waals surface area contributed by atoms with E-state index >= 15 is 0 Å². The van der Waals surface area contributed by atoms with Crippen molar-refractivity contribution in [2.75, 3.05) is 25.1 Å². The fourth-order valence-corrected chi connectivity index (χ4v) is 4.53. The van der Waals surface area contributed by atoms with Crippen LogP contribution in [0.15, 0.2) is 18.2 Å². The molecular formula is C14H20N2O4Si. The highest BCUT2D eigenvalue weighted by atomic mass is 28.3. The molecule has 1 aromatic rings. The number of hydrogen-bond donors (Lipinski definition) is 0. The van der Waals surface area contributed by atoms with Gasteiger partial charge in [-0.05, 0) is 18.2 Å². The number of hydrogen-bond acceptors (Lipinski definition) is 5. The number of methoxy groups -OCH3 is 1. The molecule has 1 aliphatic heterocycles. The Bertz CT molecular complexity index is 564. The molecule has 21 heavy (non-hydrogen) atoms. The van der Waals surface area contributed by atoms with Gasteiger partial charge in [-0.25, -0.2) is 4.79 Å². The minimum atomic E-state index is -1.15. The van der Waals surface area contributed by atoms with Gasteiger partial charge in [-0.1, -0.05) is 13.1 Å². The van der Waals surface area contributed by atoms with E-state index in [1.165, 1.54) is 25.3 Å². The van der Waals surface area contributed by atoms with Gasteiger partial charge in [0.1, 0.15) is 0 Å². The van der Waals surface area contributed by atoms with Crippen LogP contribution in [0.3, 0.4) is 0 Å². The number of nitro groups is 1. The van der Waals surface area contributed by atoms with Crippen molar-refractivity contribution in [1.29, 1.82) is 0 Å². The van der Waals surface area contributed by atoms with E-state index in [0.717, 1.165) is 25.2 Å². The van der Waals surface area contributed by atoms with E-state index in [9.17, 15) is 14.9 Å². The molecular weight excluding hydrogens is 288 g/mol. The van der Waals surface area contributed by atoms with Gasteiger partial charge in [0, 0.05) is 25.2 Å². The zero-order valence-corrected chi connectivity index (χ0v) is 13.6. The Morgan fingerprint density at radius 2 is 1.95 bits per heavy atom. The number of anilines is 1. The number of nitrogens with zero attached hydrogens (tertiary/aromatic N) is 2. The van der Waals surface area contributed by atoms with Crippen LogP contribution in [0.25, 0.3) is 0 Å². The van der Waals surface area contributed by atoms with Crippen molar-refractivity contribution >= 4 is 25.4 Å². The molecule has 0 amide bonds. The first-order chi connectivity index (χ1) is 9.84. The van der Waals surface area contributed by atoms with Gasteiger partial charge in [0.05, 0.1) is 31.4 Å². The van der Waals surface area contributed by atoms with E-state index in [0.29, 0.717) is 11.3 Å². The number of esters is 1. The zero-order chi connectivity index (χ0) is 15.6. The Labute approximate surface area is 124 Å². The van der Waals surface area contributed by atoms with Crippen molar-refractivity contribution in [3.05, 3.63) is 33.9 Å². The molecule has 0 N–H and O–H groups in total. The standard InChI is InChI=1S/C14H20N2O4Si/c1-20-14(17)12-5-4-11(16(18)19)10-13(12)15-6-8-21(2,3)9-7-15/h4-5,10H,6-9H2,1-3H3. The van der Waals surface area contributed by atoms with Crippen molar-refractivity contribution in [3.63, 3.8) is 0 Å². The third kappa shape index (κ3) is 3.41. The fourth-order valence-electron chi connectivity index (χ4n) is 2.53. The number of rotatable bonds is 3. The van der Waals surface area contributed by atoms with Crippen LogP contribution in [-0.2, 0) is 4.74 Å². The molecule has 0 unspecified atom stereocenters. The lowest BCUT2D eigenvalue weighted by Crippen LogP contribution is -2.43. The maximum absolute atomic E-state index is 11.9. The molecule has 0 atom stereocenters. The monoisotopic (exact) mass is 308 g/mol. The largest absolute Gasteiger partial charge is 0.465 e. The molecule has 6 nitrogen and oxygen atoms in total. The van der Waals surface area contributed by atoms with Crippen molar-refractivity contribution < 1.29 is 14.5 Å². The molecule has 0 aromatic heterocycles. The molecule has 1 aromatic carbocycles. The summed E-state index contributed by atoms with van der Waals surface area (Å²) in [6.07, 6.45) is 0. The highest BCUT2D eigenvalue weighted by Crippen LogP contribution is 2.31. The summed E-state index contributed by atoms with van der Waals surface area (Å²) in [4.78, 5) is 24.5. The molecule has 0 aliphatic carbocycles. The summed E-state index contributed by atoms with van der Waals surface area (Å²) in [6, 6.07) is 6.55. The van der Waals surface area contributed by atoms with Crippen LogP contribution < -0.4 is 4.90 Å². The Morgan fingerprint density at radius 3 is 2.48 bits per heavy atom. The topological polar surface area (TPSA) is 72.7 Å². The molecule has 0 bridgehead atoms. The second kappa shape index (κ2) is 5.85. The average Bonchev–Trinajstić information content (AvgIpc) is 2.45. The van der Waals surface area contributed by atoms with Gasteiger partial charge in [0.2, 0.25) is 0 Å². The van der Waals surface area contributed by atoms with Gasteiger partial charge in [-0.2, -0.15) is 0 Å². The molecule has 1 fully saturated rings. The van der Waals surface area contributed by atoms with Crippen molar-refractivity contribution in [1.82, 2.24) is 0 Å². The maximum atomic E-state index is 11.9. The van der Waals surface area contributed by atoms with Crippen molar-refractivity contribution in [2.45, 2.75) is 25.2 Å². The number of ether oxygens (including phenoxy) is 1. The lowest BCUT2D eigenvalue weighted by atomic mass is 10.1. The summed E-state index contributed by atoms with van der Waals surface area (Å²) < 4.78 is 4.78. The van der Waals surface area contributed by atoms with Crippen LogP contribution in [0.4, 0.5) is 11.4 Å². The third-order valence-electron chi connectivity index (χ3n) is 4.06. The van der Waals surface area contributed by atoms with Crippen LogP contribution >= 0.6 is 0 Å². The molecule has 2 rings (SSSR count). The normalized spacial score (nSPS) is 17.4. The Morgan fingerprint density at radius 1 is 1.33 bits per heavy atom. The Balaban J connectivity index is 2.37. The molecule has 114 valence electrons. The quantitative estimate of drug-likeness (QED) is 0.371. The average molecular weight is 308 g/mol. The van der Waals surface area contributed by atoms with Gasteiger partial charge in [-0.3, -0.25) is 10.1 Å². The van der Waals surface area contributed by atoms with Gasteiger partial charge >= 0.3 is 5.97 Å². The Kier molecular flexibility index (Phi) is 4.31.